The van der Waals surface area contributed by atoms with Gasteiger partial charge in [0, 0.05) is 16.7 Å². The molecule has 0 aromatic heterocycles. The Balaban J connectivity index is 2.30. The largest absolute Gasteiger partial charge is 0.298 e. The molecule has 0 spiro atoms. The maximum absolute atomic E-state index is 12.7. The molecule has 0 unspecified atom stereocenters. The van der Waals surface area contributed by atoms with Gasteiger partial charge in [-0.2, -0.15) is 0 Å². The molecule has 0 amide bonds. The van der Waals surface area contributed by atoms with Crippen molar-refractivity contribution < 1.29 is 14.0 Å². The standard InChI is InChI=1S/C14H9FO2/c15-13-7-5-12(6-8-13)14(17)11-3-1-10(9-16)2-4-11/h1-9H. The van der Waals surface area contributed by atoms with E-state index < -0.39 is 0 Å². The molecule has 0 radical (unpaired) electrons. The molecular weight excluding hydrogens is 219 g/mol. The quantitative estimate of drug-likeness (QED) is 0.598. The molecule has 84 valence electrons. The maximum atomic E-state index is 12.7. The third-order valence-corrected chi connectivity index (χ3v) is 2.42. The molecule has 2 nitrogen and oxygen atoms in total. The second-order valence-electron chi connectivity index (χ2n) is 3.58. The number of hydrogen-bond acceptors (Lipinski definition) is 2. The molecular formula is C14H9FO2. The van der Waals surface area contributed by atoms with Gasteiger partial charge in [-0.15, -0.1) is 0 Å². The third-order valence-electron chi connectivity index (χ3n) is 2.42. The van der Waals surface area contributed by atoms with Crippen molar-refractivity contribution in [2.45, 2.75) is 0 Å². The number of ketones is 1. The van der Waals surface area contributed by atoms with Crippen LogP contribution in [0.25, 0.3) is 0 Å². The molecule has 0 saturated heterocycles. The first-order valence-electron chi connectivity index (χ1n) is 5.06. The van der Waals surface area contributed by atoms with Crippen LogP contribution in [0.2, 0.25) is 0 Å². The minimum Gasteiger partial charge on any atom is -0.298 e. The number of carbonyl (C=O) groups is 2. The Bertz CT molecular complexity index is 541. The Hall–Kier alpha value is -2.29. The minimum absolute atomic E-state index is 0.192. The number of halogens is 1. The summed E-state index contributed by atoms with van der Waals surface area (Å²) in [7, 11) is 0. The van der Waals surface area contributed by atoms with Crippen LogP contribution in [0.15, 0.2) is 48.5 Å². The third kappa shape index (κ3) is 2.45. The van der Waals surface area contributed by atoms with E-state index in [1.54, 1.807) is 24.3 Å². The fourth-order valence-corrected chi connectivity index (χ4v) is 1.48. The van der Waals surface area contributed by atoms with E-state index in [4.69, 9.17) is 0 Å². The summed E-state index contributed by atoms with van der Waals surface area (Å²) in [6, 6.07) is 11.7. The summed E-state index contributed by atoms with van der Waals surface area (Å²) in [4.78, 5) is 22.4. The van der Waals surface area contributed by atoms with E-state index in [0.29, 0.717) is 23.0 Å². The highest BCUT2D eigenvalue weighted by atomic mass is 19.1. The summed E-state index contributed by atoms with van der Waals surface area (Å²) in [6.07, 6.45) is 0.714. The molecule has 0 aliphatic carbocycles. The van der Waals surface area contributed by atoms with Crippen LogP contribution in [0.1, 0.15) is 26.3 Å². The van der Waals surface area contributed by atoms with Crippen LogP contribution in [-0.2, 0) is 0 Å². The zero-order valence-corrected chi connectivity index (χ0v) is 8.89. The van der Waals surface area contributed by atoms with Gasteiger partial charge >= 0.3 is 0 Å². The first-order chi connectivity index (χ1) is 8.20. The molecule has 0 aliphatic heterocycles. The average molecular weight is 228 g/mol. The molecule has 0 bridgehead atoms. The van der Waals surface area contributed by atoms with Crippen LogP contribution in [0.3, 0.4) is 0 Å². The lowest BCUT2D eigenvalue weighted by Crippen LogP contribution is -2.01. The van der Waals surface area contributed by atoms with Gasteiger partial charge < -0.3 is 0 Å². The Kier molecular flexibility index (Phi) is 3.10. The summed E-state index contributed by atoms with van der Waals surface area (Å²) in [5.41, 5.74) is 1.41. The lowest BCUT2D eigenvalue weighted by molar-refractivity contribution is 0.103. The fraction of sp³-hybridized carbons (Fsp3) is 0. The summed E-state index contributed by atoms with van der Waals surface area (Å²) in [5.74, 6) is -0.569. The van der Waals surface area contributed by atoms with Crippen LogP contribution in [0.5, 0.6) is 0 Å². The molecule has 0 fully saturated rings. The van der Waals surface area contributed by atoms with Gasteiger partial charge in [-0.3, -0.25) is 9.59 Å². The van der Waals surface area contributed by atoms with Gasteiger partial charge in [-0.25, -0.2) is 4.39 Å². The van der Waals surface area contributed by atoms with E-state index in [2.05, 4.69) is 0 Å². The van der Waals surface area contributed by atoms with Gasteiger partial charge in [0.1, 0.15) is 12.1 Å². The van der Waals surface area contributed by atoms with E-state index in [1.165, 1.54) is 24.3 Å². The SMILES string of the molecule is O=Cc1ccc(C(=O)c2ccc(F)cc2)cc1. The summed E-state index contributed by atoms with van der Waals surface area (Å²) >= 11 is 0. The normalized spacial score (nSPS) is 9.94. The van der Waals surface area contributed by atoms with Crippen molar-refractivity contribution in [2.24, 2.45) is 0 Å². The number of benzene rings is 2. The smallest absolute Gasteiger partial charge is 0.193 e. The van der Waals surface area contributed by atoms with Crippen molar-refractivity contribution in [3.8, 4) is 0 Å². The van der Waals surface area contributed by atoms with Crippen molar-refractivity contribution in [3.63, 3.8) is 0 Å². The van der Waals surface area contributed by atoms with Gasteiger partial charge in [0.2, 0.25) is 0 Å². The number of hydrogen-bond donors (Lipinski definition) is 0. The first kappa shape index (κ1) is 11.2. The molecule has 0 saturated carbocycles. The molecule has 2 aromatic rings. The first-order valence-corrected chi connectivity index (χ1v) is 5.06. The monoisotopic (exact) mass is 228 g/mol. The molecule has 0 atom stereocenters. The predicted molar refractivity (Wildman–Crippen MR) is 61.7 cm³/mol. The lowest BCUT2D eigenvalue weighted by Gasteiger charge is -2.01. The average Bonchev–Trinajstić information content (AvgIpc) is 2.39. The molecule has 2 aromatic carbocycles. The molecule has 2 rings (SSSR count). The van der Waals surface area contributed by atoms with Crippen LogP contribution < -0.4 is 0 Å². The number of carbonyl (C=O) groups excluding carboxylic acids is 2. The minimum atomic E-state index is -0.377. The van der Waals surface area contributed by atoms with Crippen LogP contribution in [0.4, 0.5) is 4.39 Å². The lowest BCUT2D eigenvalue weighted by atomic mass is 10.0. The van der Waals surface area contributed by atoms with Crippen LogP contribution in [-0.4, -0.2) is 12.1 Å². The van der Waals surface area contributed by atoms with Crippen LogP contribution in [0, 0.1) is 5.82 Å². The zero-order valence-electron chi connectivity index (χ0n) is 8.89. The molecule has 0 N–H and O–H groups in total. The van der Waals surface area contributed by atoms with Crippen molar-refractivity contribution in [2.75, 3.05) is 0 Å². The predicted octanol–water partition coefficient (Wildman–Crippen LogP) is 2.87. The fourth-order valence-electron chi connectivity index (χ4n) is 1.48. The highest BCUT2D eigenvalue weighted by Gasteiger charge is 2.08. The number of aldehydes is 1. The van der Waals surface area contributed by atoms with E-state index >= 15 is 0 Å². The molecule has 0 heterocycles. The van der Waals surface area contributed by atoms with Gasteiger partial charge in [-0.05, 0) is 24.3 Å². The summed E-state index contributed by atoms with van der Waals surface area (Å²) < 4.78 is 12.7. The maximum Gasteiger partial charge on any atom is 0.193 e. The van der Waals surface area contributed by atoms with Gasteiger partial charge in [-0.1, -0.05) is 24.3 Å². The summed E-state index contributed by atoms with van der Waals surface area (Å²) in [5, 5.41) is 0. The van der Waals surface area contributed by atoms with Gasteiger partial charge in [0.25, 0.3) is 0 Å². The van der Waals surface area contributed by atoms with E-state index in [-0.39, 0.29) is 11.6 Å². The van der Waals surface area contributed by atoms with Gasteiger partial charge in [0.15, 0.2) is 5.78 Å². The highest BCUT2D eigenvalue weighted by Crippen LogP contribution is 2.11. The Labute approximate surface area is 97.7 Å². The van der Waals surface area contributed by atoms with E-state index in [1.807, 2.05) is 0 Å². The van der Waals surface area contributed by atoms with Crippen molar-refractivity contribution in [1.29, 1.82) is 0 Å². The van der Waals surface area contributed by atoms with E-state index in [0.717, 1.165) is 0 Å². The van der Waals surface area contributed by atoms with Crippen molar-refractivity contribution in [3.05, 3.63) is 71.0 Å². The Morgan fingerprint density at radius 2 is 1.35 bits per heavy atom. The van der Waals surface area contributed by atoms with Crippen molar-refractivity contribution >= 4 is 12.1 Å². The second kappa shape index (κ2) is 4.70. The topological polar surface area (TPSA) is 34.1 Å². The highest BCUT2D eigenvalue weighted by molar-refractivity contribution is 6.09. The number of rotatable bonds is 3. The van der Waals surface area contributed by atoms with Crippen molar-refractivity contribution in [1.82, 2.24) is 0 Å². The summed E-state index contributed by atoms with van der Waals surface area (Å²) in [6.45, 7) is 0. The molecule has 0 aliphatic rings. The second-order valence-corrected chi connectivity index (χ2v) is 3.58. The zero-order chi connectivity index (χ0) is 12.3. The van der Waals surface area contributed by atoms with Gasteiger partial charge in [0.05, 0.1) is 0 Å². The molecule has 17 heavy (non-hydrogen) atoms. The molecule has 3 heteroatoms. The van der Waals surface area contributed by atoms with E-state index in [9.17, 15) is 14.0 Å². The van der Waals surface area contributed by atoms with Crippen LogP contribution >= 0.6 is 0 Å². The Morgan fingerprint density at radius 3 is 1.82 bits per heavy atom. The Morgan fingerprint density at radius 1 is 0.882 bits per heavy atom.